The number of aromatic nitrogens is 1. The summed E-state index contributed by atoms with van der Waals surface area (Å²) in [5.74, 6) is 0. The standard InChI is InChI=1S/C12H18BNO4/c1-11(2)12(3,4)18-13(17-11)8-5-9(7-15)14-10(16)6-8/h5-6,15H,7H2,1-4H3,(H,14,16). The second kappa shape index (κ2) is 4.22. The van der Waals surface area contributed by atoms with Crippen LogP contribution >= 0.6 is 0 Å². The van der Waals surface area contributed by atoms with Crippen LogP contribution in [0, 0.1) is 0 Å². The van der Waals surface area contributed by atoms with Gasteiger partial charge in [0.25, 0.3) is 0 Å². The summed E-state index contributed by atoms with van der Waals surface area (Å²) in [7, 11) is -0.581. The summed E-state index contributed by atoms with van der Waals surface area (Å²) in [6.07, 6.45) is 0. The number of rotatable bonds is 2. The summed E-state index contributed by atoms with van der Waals surface area (Å²) < 4.78 is 11.7. The zero-order valence-electron chi connectivity index (χ0n) is 11.1. The molecule has 2 rings (SSSR count). The Morgan fingerprint density at radius 3 is 2.28 bits per heavy atom. The van der Waals surface area contributed by atoms with E-state index in [4.69, 9.17) is 14.4 Å². The molecule has 6 heteroatoms. The Bertz CT molecular complexity index is 493. The third-order valence-corrected chi connectivity index (χ3v) is 3.62. The zero-order chi connectivity index (χ0) is 13.6. The van der Waals surface area contributed by atoms with Gasteiger partial charge >= 0.3 is 7.12 Å². The van der Waals surface area contributed by atoms with Crippen molar-refractivity contribution in [2.45, 2.75) is 45.5 Å². The van der Waals surface area contributed by atoms with E-state index in [1.807, 2.05) is 27.7 Å². The van der Waals surface area contributed by atoms with E-state index in [0.717, 1.165) is 0 Å². The Hall–Kier alpha value is -1.11. The predicted molar refractivity (Wildman–Crippen MR) is 68.7 cm³/mol. The molecule has 1 aliphatic rings. The van der Waals surface area contributed by atoms with Crippen LogP contribution in [0.25, 0.3) is 0 Å². The smallest absolute Gasteiger partial charge is 0.399 e. The molecule has 2 N–H and O–H groups in total. The fraction of sp³-hybridized carbons (Fsp3) is 0.583. The van der Waals surface area contributed by atoms with Crippen LogP contribution in [0.1, 0.15) is 33.4 Å². The lowest BCUT2D eigenvalue weighted by Crippen LogP contribution is -2.41. The van der Waals surface area contributed by atoms with Crippen LogP contribution in [0.4, 0.5) is 0 Å². The minimum Gasteiger partial charge on any atom is -0.399 e. The average Bonchev–Trinajstić information content (AvgIpc) is 2.47. The Morgan fingerprint density at radius 2 is 1.78 bits per heavy atom. The second-order valence-corrected chi connectivity index (χ2v) is 5.55. The molecule has 98 valence electrons. The fourth-order valence-electron chi connectivity index (χ4n) is 1.83. The highest BCUT2D eigenvalue weighted by Gasteiger charge is 2.51. The number of H-pyrrole nitrogens is 1. The lowest BCUT2D eigenvalue weighted by molar-refractivity contribution is 0.00578. The van der Waals surface area contributed by atoms with Crippen molar-refractivity contribution in [2.75, 3.05) is 0 Å². The minimum atomic E-state index is -0.581. The zero-order valence-corrected chi connectivity index (χ0v) is 11.1. The van der Waals surface area contributed by atoms with Gasteiger partial charge in [-0.25, -0.2) is 0 Å². The largest absolute Gasteiger partial charge is 0.495 e. The monoisotopic (exact) mass is 251 g/mol. The van der Waals surface area contributed by atoms with Crippen molar-refractivity contribution in [1.29, 1.82) is 0 Å². The molecule has 0 radical (unpaired) electrons. The van der Waals surface area contributed by atoms with Crippen molar-refractivity contribution in [3.8, 4) is 0 Å². The molecule has 1 aliphatic heterocycles. The maximum Gasteiger partial charge on any atom is 0.495 e. The van der Waals surface area contributed by atoms with E-state index in [1.165, 1.54) is 6.07 Å². The quantitative estimate of drug-likeness (QED) is 0.735. The number of nitrogens with one attached hydrogen (secondary N) is 1. The lowest BCUT2D eigenvalue weighted by Gasteiger charge is -2.32. The molecule has 5 nitrogen and oxygen atoms in total. The molecule has 2 heterocycles. The normalized spacial score (nSPS) is 21.3. The first-order valence-corrected chi connectivity index (χ1v) is 5.95. The van der Waals surface area contributed by atoms with Crippen LogP contribution in [-0.4, -0.2) is 28.4 Å². The molecular formula is C12H18BNO4. The van der Waals surface area contributed by atoms with Gasteiger partial charge in [-0.15, -0.1) is 0 Å². The molecule has 0 aliphatic carbocycles. The van der Waals surface area contributed by atoms with Gasteiger partial charge < -0.3 is 19.4 Å². The third-order valence-electron chi connectivity index (χ3n) is 3.62. The molecule has 0 saturated carbocycles. The van der Waals surface area contributed by atoms with Crippen LogP contribution in [0.3, 0.4) is 0 Å². The Balaban J connectivity index is 2.35. The van der Waals surface area contributed by atoms with Crippen LogP contribution in [0.5, 0.6) is 0 Å². The van der Waals surface area contributed by atoms with Crippen molar-refractivity contribution in [2.24, 2.45) is 0 Å². The molecular weight excluding hydrogens is 233 g/mol. The third kappa shape index (κ3) is 2.23. The first-order valence-electron chi connectivity index (χ1n) is 5.95. The Morgan fingerprint density at radius 1 is 1.22 bits per heavy atom. The maximum atomic E-state index is 11.5. The highest BCUT2D eigenvalue weighted by Crippen LogP contribution is 2.36. The summed E-state index contributed by atoms with van der Waals surface area (Å²) >= 11 is 0. The molecule has 1 saturated heterocycles. The highest BCUT2D eigenvalue weighted by atomic mass is 16.7. The molecule has 0 aromatic carbocycles. The van der Waals surface area contributed by atoms with Crippen LogP contribution < -0.4 is 11.0 Å². The molecule has 0 atom stereocenters. The molecule has 0 spiro atoms. The Labute approximate surface area is 106 Å². The van der Waals surface area contributed by atoms with E-state index in [9.17, 15) is 4.79 Å². The number of hydrogen-bond donors (Lipinski definition) is 2. The number of aromatic amines is 1. The summed E-state index contributed by atoms with van der Waals surface area (Å²) in [5, 5.41) is 9.08. The molecule has 1 aromatic rings. The topological polar surface area (TPSA) is 71.5 Å². The van der Waals surface area contributed by atoms with Gasteiger partial charge in [-0.2, -0.15) is 0 Å². The van der Waals surface area contributed by atoms with E-state index in [2.05, 4.69) is 4.98 Å². The van der Waals surface area contributed by atoms with Crippen molar-refractivity contribution in [3.05, 3.63) is 28.2 Å². The summed E-state index contributed by atoms with van der Waals surface area (Å²) in [5.41, 5.74) is -0.0841. The first kappa shape index (κ1) is 13.3. The molecule has 0 bridgehead atoms. The van der Waals surface area contributed by atoms with E-state index < -0.39 is 18.3 Å². The molecule has 0 amide bonds. The van der Waals surface area contributed by atoms with Crippen molar-refractivity contribution >= 4 is 12.6 Å². The van der Waals surface area contributed by atoms with Crippen LogP contribution in [-0.2, 0) is 15.9 Å². The van der Waals surface area contributed by atoms with E-state index in [0.29, 0.717) is 11.2 Å². The maximum absolute atomic E-state index is 11.5. The van der Waals surface area contributed by atoms with Gasteiger partial charge in [0.2, 0.25) is 5.56 Å². The van der Waals surface area contributed by atoms with Crippen LogP contribution in [0.15, 0.2) is 16.9 Å². The van der Waals surface area contributed by atoms with Gasteiger partial charge in [0.05, 0.1) is 17.8 Å². The SMILES string of the molecule is CC1(C)OB(c2cc(CO)[nH]c(=O)c2)OC1(C)C. The number of aliphatic hydroxyl groups is 1. The van der Waals surface area contributed by atoms with Crippen molar-refractivity contribution < 1.29 is 14.4 Å². The summed E-state index contributed by atoms with van der Waals surface area (Å²) in [6, 6.07) is 3.12. The number of aliphatic hydroxyl groups excluding tert-OH is 1. The summed E-state index contributed by atoms with van der Waals surface area (Å²) in [4.78, 5) is 14.0. The Kier molecular flexibility index (Phi) is 3.13. The number of pyridine rings is 1. The molecule has 1 fully saturated rings. The fourth-order valence-corrected chi connectivity index (χ4v) is 1.83. The van der Waals surface area contributed by atoms with Gasteiger partial charge in [0, 0.05) is 11.8 Å². The van der Waals surface area contributed by atoms with Crippen LogP contribution in [0.2, 0.25) is 0 Å². The van der Waals surface area contributed by atoms with Gasteiger partial charge in [-0.1, -0.05) is 0 Å². The lowest BCUT2D eigenvalue weighted by atomic mass is 9.79. The molecule has 18 heavy (non-hydrogen) atoms. The predicted octanol–water partition coefficient (Wildman–Crippen LogP) is 0.166. The molecule has 1 aromatic heterocycles. The second-order valence-electron chi connectivity index (χ2n) is 5.55. The van der Waals surface area contributed by atoms with E-state index in [-0.39, 0.29) is 12.2 Å². The molecule has 0 unspecified atom stereocenters. The van der Waals surface area contributed by atoms with Gasteiger partial charge in [-0.05, 0) is 39.2 Å². The van der Waals surface area contributed by atoms with Gasteiger partial charge in [-0.3, -0.25) is 4.79 Å². The van der Waals surface area contributed by atoms with Gasteiger partial charge in [0.1, 0.15) is 0 Å². The van der Waals surface area contributed by atoms with Crippen molar-refractivity contribution in [3.63, 3.8) is 0 Å². The minimum absolute atomic E-state index is 0.220. The highest BCUT2D eigenvalue weighted by molar-refractivity contribution is 6.62. The average molecular weight is 251 g/mol. The van der Waals surface area contributed by atoms with Gasteiger partial charge in [0.15, 0.2) is 0 Å². The van der Waals surface area contributed by atoms with E-state index in [1.54, 1.807) is 6.07 Å². The number of hydrogen-bond acceptors (Lipinski definition) is 4. The van der Waals surface area contributed by atoms with Crippen molar-refractivity contribution in [1.82, 2.24) is 4.98 Å². The summed E-state index contributed by atoms with van der Waals surface area (Å²) in [6.45, 7) is 7.59. The van der Waals surface area contributed by atoms with E-state index >= 15 is 0 Å². The first-order chi connectivity index (χ1) is 8.25.